The Morgan fingerprint density at radius 2 is 2.00 bits per heavy atom. The molecule has 2 aromatic carbocycles. The molecule has 138 valence electrons. The minimum atomic E-state index is -1.16. The number of aromatic nitrogens is 2. The monoisotopic (exact) mass is 387 g/mol. The second kappa shape index (κ2) is 7.58. The van der Waals surface area contributed by atoms with E-state index in [2.05, 4.69) is 10.3 Å². The highest BCUT2D eigenvalue weighted by Gasteiger charge is 2.18. The predicted molar refractivity (Wildman–Crippen MR) is 99.0 cm³/mol. The molecule has 0 aliphatic heterocycles. The smallest absolute Gasteiger partial charge is 0.335 e. The molecule has 0 aliphatic carbocycles. The van der Waals surface area contributed by atoms with Crippen molar-refractivity contribution in [1.29, 1.82) is 0 Å². The second-order valence-corrected chi connectivity index (χ2v) is 6.43. The number of rotatable bonds is 5. The topological polar surface area (TPSA) is 101 Å². The molecular formula is C18H14FN3O4S. The number of para-hydroxylation sites is 1. The number of carbonyl (C=O) groups excluding carboxylic acids is 1. The Labute approximate surface area is 156 Å². The van der Waals surface area contributed by atoms with Gasteiger partial charge in [-0.3, -0.25) is 14.2 Å². The van der Waals surface area contributed by atoms with Crippen LogP contribution in [-0.4, -0.2) is 39.3 Å². The van der Waals surface area contributed by atoms with Crippen molar-refractivity contribution in [3.8, 4) is 5.69 Å². The summed E-state index contributed by atoms with van der Waals surface area (Å²) in [6.45, 7) is 0. The number of carboxylic acids is 1. The van der Waals surface area contributed by atoms with Gasteiger partial charge in [-0.25, -0.2) is 14.2 Å². The van der Waals surface area contributed by atoms with Crippen LogP contribution in [-0.2, 0) is 4.79 Å². The normalized spacial score (nSPS) is 10.7. The lowest BCUT2D eigenvalue weighted by Crippen LogP contribution is -2.25. The van der Waals surface area contributed by atoms with E-state index >= 15 is 0 Å². The molecule has 2 N–H and O–H groups in total. The average Bonchev–Trinajstić information content (AvgIpc) is 2.66. The van der Waals surface area contributed by atoms with E-state index in [-0.39, 0.29) is 39.0 Å². The SMILES string of the molecule is CNC(=O)CSc1nc2cc(C(=O)O)ccc2c(=O)n1-c1ccccc1F. The maximum absolute atomic E-state index is 14.3. The van der Waals surface area contributed by atoms with E-state index in [1.54, 1.807) is 6.07 Å². The van der Waals surface area contributed by atoms with Crippen LogP contribution in [0.5, 0.6) is 0 Å². The third-order valence-corrected chi connectivity index (χ3v) is 4.73. The summed E-state index contributed by atoms with van der Waals surface area (Å²) in [5.74, 6) is -2.11. The van der Waals surface area contributed by atoms with Gasteiger partial charge in [-0.2, -0.15) is 0 Å². The molecule has 9 heteroatoms. The lowest BCUT2D eigenvalue weighted by molar-refractivity contribution is -0.118. The first-order valence-electron chi connectivity index (χ1n) is 7.80. The van der Waals surface area contributed by atoms with Gasteiger partial charge in [-0.1, -0.05) is 23.9 Å². The van der Waals surface area contributed by atoms with Gasteiger partial charge in [-0.05, 0) is 30.3 Å². The Hall–Kier alpha value is -3.20. The van der Waals surface area contributed by atoms with Gasteiger partial charge in [0, 0.05) is 7.05 Å². The molecule has 7 nitrogen and oxygen atoms in total. The van der Waals surface area contributed by atoms with E-state index in [0.29, 0.717) is 0 Å². The van der Waals surface area contributed by atoms with E-state index in [9.17, 15) is 18.8 Å². The average molecular weight is 387 g/mol. The highest BCUT2D eigenvalue weighted by atomic mass is 32.2. The van der Waals surface area contributed by atoms with Crippen LogP contribution in [0.1, 0.15) is 10.4 Å². The first-order chi connectivity index (χ1) is 12.9. The standard InChI is InChI=1S/C18H14FN3O4S/c1-20-15(23)9-27-18-21-13-8-10(17(25)26)6-7-11(13)16(24)22(18)14-5-3-2-4-12(14)19/h2-8H,9H2,1H3,(H,20,23)(H,25,26). The molecule has 0 unspecified atom stereocenters. The quantitative estimate of drug-likeness (QED) is 0.513. The molecule has 3 rings (SSSR count). The number of nitrogens with one attached hydrogen (secondary N) is 1. The van der Waals surface area contributed by atoms with Gasteiger partial charge >= 0.3 is 5.97 Å². The van der Waals surface area contributed by atoms with Crippen molar-refractivity contribution in [1.82, 2.24) is 14.9 Å². The molecule has 0 fully saturated rings. The van der Waals surface area contributed by atoms with Gasteiger partial charge in [0.15, 0.2) is 5.16 Å². The van der Waals surface area contributed by atoms with Crippen LogP contribution in [0.15, 0.2) is 52.4 Å². The number of thioether (sulfide) groups is 1. The van der Waals surface area contributed by atoms with Gasteiger partial charge in [0.25, 0.3) is 5.56 Å². The van der Waals surface area contributed by atoms with Crippen LogP contribution in [0.2, 0.25) is 0 Å². The van der Waals surface area contributed by atoms with Crippen molar-refractivity contribution < 1.29 is 19.1 Å². The van der Waals surface area contributed by atoms with Crippen molar-refractivity contribution in [3.63, 3.8) is 0 Å². The summed E-state index contributed by atoms with van der Waals surface area (Å²) in [6, 6.07) is 9.63. The summed E-state index contributed by atoms with van der Waals surface area (Å²) < 4.78 is 15.4. The Bertz CT molecular complexity index is 1110. The fourth-order valence-electron chi connectivity index (χ4n) is 2.44. The molecule has 0 saturated carbocycles. The van der Waals surface area contributed by atoms with E-state index < -0.39 is 17.3 Å². The number of nitrogens with zero attached hydrogens (tertiary/aromatic N) is 2. The van der Waals surface area contributed by atoms with Crippen LogP contribution in [0, 0.1) is 5.82 Å². The second-order valence-electron chi connectivity index (χ2n) is 5.49. The largest absolute Gasteiger partial charge is 0.478 e. The molecule has 0 aliphatic rings. The fourth-order valence-corrected chi connectivity index (χ4v) is 3.32. The Morgan fingerprint density at radius 1 is 1.26 bits per heavy atom. The number of benzene rings is 2. The Kier molecular flexibility index (Phi) is 5.22. The summed E-state index contributed by atoms with van der Waals surface area (Å²) in [5.41, 5.74) is -0.424. The number of hydrogen-bond acceptors (Lipinski definition) is 5. The molecule has 0 spiro atoms. The van der Waals surface area contributed by atoms with Crippen molar-refractivity contribution in [3.05, 3.63) is 64.2 Å². The van der Waals surface area contributed by atoms with Gasteiger partial charge < -0.3 is 10.4 Å². The predicted octanol–water partition coefficient (Wildman–Crippen LogP) is 2.06. The molecule has 1 heterocycles. The van der Waals surface area contributed by atoms with E-state index in [4.69, 9.17) is 5.11 Å². The summed E-state index contributed by atoms with van der Waals surface area (Å²) in [6.07, 6.45) is 0. The third kappa shape index (κ3) is 3.68. The molecular weight excluding hydrogens is 373 g/mol. The Balaban J connectivity index is 2.27. The summed E-state index contributed by atoms with van der Waals surface area (Å²) in [5, 5.41) is 11.8. The molecule has 0 radical (unpaired) electrons. The molecule has 0 atom stereocenters. The number of hydrogen-bond donors (Lipinski definition) is 2. The first-order valence-corrected chi connectivity index (χ1v) is 8.79. The van der Waals surface area contributed by atoms with Gasteiger partial charge in [0.2, 0.25) is 5.91 Å². The maximum atomic E-state index is 14.3. The molecule has 0 saturated heterocycles. The van der Waals surface area contributed by atoms with Crippen LogP contribution >= 0.6 is 11.8 Å². The van der Waals surface area contributed by atoms with Crippen LogP contribution < -0.4 is 10.9 Å². The zero-order valence-corrected chi connectivity index (χ0v) is 14.9. The summed E-state index contributed by atoms with van der Waals surface area (Å²) in [4.78, 5) is 40.1. The minimum Gasteiger partial charge on any atom is -0.478 e. The minimum absolute atomic E-state index is 0.00128. The zero-order chi connectivity index (χ0) is 19.6. The van der Waals surface area contributed by atoms with Gasteiger partial charge in [0.1, 0.15) is 5.82 Å². The number of amides is 1. The first kappa shape index (κ1) is 18.6. The third-order valence-electron chi connectivity index (χ3n) is 3.79. The number of aromatic carboxylic acids is 1. The highest BCUT2D eigenvalue weighted by molar-refractivity contribution is 7.99. The lowest BCUT2D eigenvalue weighted by Gasteiger charge is -2.13. The molecule has 1 amide bonds. The van der Waals surface area contributed by atoms with Gasteiger partial charge in [-0.15, -0.1) is 0 Å². The number of carboxylic acid groups (broad SMARTS) is 1. The van der Waals surface area contributed by atoms with E-state index in [0.717, 1.165) is 16.3 Å². The fraction of sp³-hybridized carbons (Fsp3) is 0.111. The molecule has 0 bridgehead atoms. The van der Waals surface area contributed by atoms with Crippen molar-refractivity contribution in [2.45, 2.75) is 5.16 Å². The number of fused-ring (bicyclic) bond motifs is 1. The maximum Gasteiger partial charge on any atom is 0.335 e. The molecule has 3 aromatic rings. The van der Waals surface area contributed by atoms with Crippen molar-refractivity contribution in [2.24, 2.45) is 0 Å². The van der Waals surface area contributed by atoms with Crippen LogP contribution in [0.4, 0.5) is 4.39 Å². The number of halogens is 1. The summed E-state index contributed by atoms with van der Waals surface area (Å²) in [7, 11) is 1.47. The van der Waals surface area contributed by atoms with Crippen molar-refractivity contribution in [2.75, 3.05) is 12.8 Å². The molecule has 27 heavy (non-hydrogen) atoms. The summed E-state index contributed by atoms with van der Waals surface area (Å²) >= 11 is 0.952. The molecule has 1 aromatic heterocycles. The van der Waals surface area contributed by atoms with E-state index in [1.165, 1.54) is 43.4 Å². The van der Waals surface area contributed by atoms with Gasteiger partial charge in [0.05, 0.1) is 27.9 Å². The van der Waals surface area contributed by atoms with E-state index in [1.807, 2.05) is 0 Å². The Morgan fingerprint density at radius 3 is 2.67 bits per heavy atom. The number of carbonyl (C=O) groups is 2. The van der Waals surface area contributed by atoms with Crippen LogP contribution in [0.3, 0.4) is 0 Å². The van der Waals surface area contributed by atoms with Crippen molar-refractivity contribution >= 4 is 34.5 Å². The zero-order valence-electron chi connectivity index (χ0n) is 14.1. The lowest BCUT2D eigenvalue weighted by atomic mass is 10.1. The highest BCUT2D eigenvalue weighted by Crippen LogP contribution is 2.23. The van der Waals surface area contributed by atoms with Crippen LogP contribution in [0.25, 0.3) is 16.6 Å².